The lowest BCUT2D eigenvalue weighted by atomic mass is 9.73. The molecule has 4 aromatic heterocycles. The number of hydrogen-bond donors (Lipinski definition) is 4. The monoisotopic (exact) mass is 989 g/mol. The molecule has 4 amide bonds. The minimum absolute atomic E-state index is 0.0258. The van der Waals surface area contributed by atoms with Crippen LogP contribution in [0.4, 0.5) is 18.9 Å². The maximum Gasteiger partial charge on any atom is 0.435 e. The van der Waals surface area contributed by atoms with Crippen molar-refractivity contribution in [2.24, 2.45) is 24.3 Å². The van der Waals surface area contributed by atoms with Crippen molar-refractivity contribution >= 4 is 57.8 Å². The summed E-state index contributed by atoms with van der Waals surface area (Å²) in [4.78, 5) is 82.6. The Kier molecular flexibility index (Phi) is 12.5. The van der Waals surface area contributed by atoms with E-state index in [0.717, 1.165) is 49.6 Å². The lowest BCUT2D eigenvalue weighted by molar-refractivity contribution is -0.929. The van der Waals surface area contributed by atoms with E-state index in [0.29, 0.717) is 92.3 Å². The molecule has 10 rings (SSSR count). The number of aromatic nitrogens is 6. The summed E-state index contributed by atoms with van der Waals surface area (Å²) in [5, 5.41) is 20.1. The number of carboxylic acids is 1. The average molecular weight is 990 g/mol. The molecule has 0 radical (unpaired) electrons. The molecule has 0 atom stereocenters. The smallest absolute Gasteiger partial charge is 0.435 e. The summed E-state index contributed by atoms with van der Waals surface area (Å²) in [6, 6.07) is 7.54. The maximum atomic E-state index is 14.6. The number of nitrogens with zero attached hydrogens (tertiary/aromatic N) is 9. The highest BCUT2D eigenvalue weighted by Crippen LogP contribution is 2.41. The van der Waals surface area contributed by atoms with E-state index >= 15 is 0 Å². The van der Waals surface area contributed by atoms with Crippen molar-refractivity contribution in [1.82, 2.24) is 49.3 Å². The molecule has 5 aliphatic heterocycles. The Hall–Kier alpha value is -6.36. The Morgan fingerprint density at radius 3 is 2.31 bits per heavy atom. The Morgan fingerprint density at radius 1 is 0.943 bits per heavy atom. The second kappa shape index (κ2) is 18.4. The van der Waals surface area contributed by atoms with Crippen LogP contribution in [0, 0.1) is 17.3 Å². The number of benzene rings is 1. The second-order valence-corrected chi connectivity index (χ2v) is 19.9. The van der Waals surface area contributed by atoms with Crippen LogP contribution in [0.1, 0.15) is 62.8 Å². The molecule has 0 saturated carbocycles. The lowest BCUT2D eigenvalue weighted by Crippen LogP contribution is -2.62. The molecule has 0 bridgehead atoms. The van der Waals surface area contributed by atoms with Gasteiger partial charge in [-0.25, -0.2) is 19.4 Å². The fourth-order valence-electron chi connectivity index (χ4n) is 10.8. The maximum absolute atomic E-state index is 14.6. The van der Waals surface area contributed by atoms with Gasteiger partial charge in [0.25, 0.3) is 17.7 Å². The number of carbonyl (C=O) groups excluding carboxylic acids is 4. The SMILES string of the molecule is Cn1c(-c2cn(-c3cc4[nH]c(C(=O)N5CC6(CCOCC6)C5)cc4cn3)nc2C(F)(F)F)cnc1C(=O)Nc1ccc(C(=O)N2CCN(C(=O)C3CC[N+](CC(=O)O)(CC4CNC4)CC3)CC2)c(Cl)c1. The molecular weight excluding hydrogens is 937 g/mol. The third kappa shape index (κ3) is 9.24. The van der Waals surface area contributed by atoms with Crippen LogP contribution in [-0.4, -0.2) is 175 Å². The number of imidazole rings is 1. The number of piperidine rings is 1. The Balaban J connectivity index is 0.763. The third-order valence-electron chi connectivity index (χ3n) is 14.9. The quantitative estimate of drug-likeness (QED) is 0.138. The number of fused-ring (bicyclic) bond motifs is 1. The number of hydrogen-bond acceptors (Lipinski definition) is 10. The van der Waals surface area contributed by atoms with E-state index in [9.17, 15) is 42.3 Å². The zero-order valence-electron chi connectivity index (χ0n) is 38.4. The van der Waals surface area contributed by atoms with Gasteiger partial charge in [0.15, 0.2) is 23.9 Å². The fourth-order valence-corrected chi connectivity index (χ4v) is 11.1. The summed E-state index contributed by atoms with van der Waals surface area (Å²) in [6.45, 7) is 7.80. The number of quaternary nitrogens is 1. The Morgan fingerprint density at radius 2 is 1.66 bits per heavy atom. The second-order valence-electron chi connectivity index (χ2n) is 19.5. The van der Waals surface area contributed by atoms with Crippen LogP contribution < -0.4 is 10.6 Å². The van der Waals surface area contributed by atoms with E-state index in [2.05, 4.69) is 30.7 Å². The molecule has 0 aliphatic carbocycles. The number of pyridine rings is 1. The van der Waals surface area contributed by atoms with Crippen LogP contribution in [-0.2, 0) is 27.5 Å². The molecular formula is C47H53ClF3N12O7+. The number of aliphatic carboxylic acids is 1. The van der Waals surface area contributed by atoms with E-state index in [1.807, 2.05) is 0 Å². The number of alkyl halides is 3. The van der Waals surface area contributed by atoms with Gasteiger partial charge in [-0.05, 0) is 37.1 Å². The molecule has 5 fully saturated rings. The summed E-state index contributed by atoms with van der Waals surface area (Å²) in [5.74, 6) is -1.99. The first kappa shape index (κ1) is 47.3. The molecule has 1 aromatic carbocycles. The van der Waals surface area contributed by atoms with Gasteiger partial charge in [0, 0.05) is 132 Å². The highest BCUT2D eigenvalue weighted by atomic mass is 35.5. The number of carbonyl (C=O) groups is 5. The van der Waals surface area contributed by atoms with Crippen LogP contribution >= 0.6 is 11.6 Å². The van der Waals surface area contributed by atoms with E-state index in [1.165, 1.54) is 42.1 Å². The van der Waals surface area contributed by atoms with E-state index in [1.54, 1.807) is 20.8 Å². The van der Waals surface area contributed by atoms with Crippen LogP contribution in [0.3, 0.4) is 0 Å². The van der Waals surface area contributed by atoms with Gasteiger partial charge in [-0.1, -0.05) is 11.6 Å². The van der Waals surface area contributed by atoms with Gasteiger partial charge >= 0.3 is 12.1 Å². The minimum Gasteiger partial charge on any atom is -0.477 e. The highest BCUT2D eigenvalue weighted by Gasteiger charge is 2.47. The van der Waals surface area contributed by atoms with E-state index < -0.39 is 23.7 Å². The molecule has 19 nitrogen and oxygen atoms in total. The number of rotatable bonds is 11. The molecule has 1 spiro atoms. The number of amides is 4. The van der Waals surface area contributed by atoms with Gasteiger partial charge in [-0.15, -0.1) is 0 Å². The molecule has 5 saturated heterocycles. The van der Waals surface area contributed by atoms with Crippen molar-refractivity contribution < 1.29 is 51.5 Å². The van der Waals surface area contributed by atoms with Gasteiger partial charge in [-0.2, -0.15) is 18.3 Å². The number of ether oxygens (including phenoxy) is 1. The molecule has 370 valence electrons. The zero-order chi connectivity index (χ0) is 49.1. The number of anilines is 1. The van der Waals surface area contributed by atoms with Gasteiger partial charge in [0.05, 0.1) is 53.2 Å². The molecule has 5 aromatic rings. The average Bonchev–Trinajstić information content (AvgIpc) is 4.06. The van der Waals surface area contributed by atoms with Crippen molar-refractivity contribution in [1.29, 1.82) is 0 Å². The standard InChI is InChI=1S/C47H52ClF3N12O7/c1-58-37(33-23-62(57-40(33)47(49,50)51)38-18-35-30(21-53-38)16-36(56-35)45(69)61-26-46(27-61)6-14-70-15-7-46)22-54-41(58)42(66)55-31-2-3-32(34(48)17-31)44(68)60-10-8-59(9-11-60)43(67)29-4-12-63(13-5-29,25-39(64)65)24-28-19-52-20-28/h2-3,16-18,21-23,28-29,52H,4-15,19-20,24-27H2,1H3,(H2-,53,55,56,64,65,66,68,69)/p+1. The molecule has 70 heavy (non-hydrogen) atoms. The van der Waals surface area contributed by atoms with Crippen LogP contribution in [0.2, 0.25) is 5.02 Å². The van der Waals surface area contributed by atoms with Crippen molar-refractivity contribution in [2.45, 2.75) is 31.9 Å². The number of nitrogens with one attached hydrogen (secondary N) is 3. The fraction of sp³-hybridized carbons (Fsp3) is 0.489. The Labute approximate surface area is 404 Å². The van der Waals surface area contributed by atoms with Crippen molar-refractivity contribution in [3.8, 4) is 17.1 Å². The normalized spacial score (nSPS) is 21.7. The topological polar surface area (TPSA) is 213 Å². The van der Waals surface area contributed by atoms with Crippen molar-refractivity contribution in [3.05, 3.63) is 76.7 Å². The molecule has 5 aliphatic rings. The van der Waals surface area contributed by atoms with Crippen molar-refractivity contribution in [3.63, 3.8) is 0 Å². The lowest BCUT2D eigenvalue weighted by Gasteiger charge is -2.52. The van der Waals surface area contributed by atoms with Crippen LogP contribution in [0.15, 0.2) is 48.9 Å². The van der Waals surface area contributed by atoms with E-state index in [-0.39, 0.29) is 87.9 Å². The number of piperazine rings is 1. The first-order valence-corrected chi connectivity index (χ1v) is 23.9. The van der Waals surface area contributed by atoms with Crippen LogP contribution in [0.5, 0.6) is 0 Å². The predicted octanol–water partition coefficient (Wildman–Crippen LogP) is 4.14. The number of halogens is 4. The summed E-state index contributed by atoms with van der Waals surface area (Å²) in [7, 11) is 1.40. The zero-order valence-corrected chi connectivity index (χ0v) is 39.2. The van der Waals surface area contributed by atoms with Gasteiger partial charge in [-0.3, -0.25) is 19.2 Å². The number of H-pyrrole nitrogens is 1. The molecule has 0 unspecified atom stereocenters. The van der Waals surface area contributed by atoms with E-state index in [4.69, 9.17) is 16.3 Å². The third-order valence-corrected chi connectivity index (χ3v) is 15.2. The first-order valence-electron chi connectivity index (χ1n) is 23.5. The summed E-state index contributed by atoms with van der Waals surface area (Å²) in [6.07, 6.45) is 1.90. The molecule has 23 heteroatoms. The number of aromatic amines is 1. The Bertz CT molecular complexity index is 2860. The molecule has 4 N–H and O–H groups in total. The van der Waals surface area contributed by atoms with Crippen molar-refractivity contribution in [2.75, 3.05) is 97.1 Å². The number of carboxylic acid groups (broad SMARTS) is 1. The number of likely N-dealkylation sites (tertiary alicyclic amines) is 2. The predicted molar refractivity (Wildman–Crippen MR) is 247 cm³/mol. The highest BCUT2D eigenvalue weighted by molar-refractivity contribution is 6.34. The summed E-state index contributed by atoms with van der Waals surface area (Å²) >= 11 is 6.61. The summed E-state index contributed by atoms with van der Waals surface area (Å²) in [5.41, 5.74) is -0.323. The largest absolute Gasteiger partial charge is 0.477 e. The minimum atomic E-state index is -4.90. The van der Waals surface area contributed by atoms with Gasteiger partial charge in [0.2, 0.25) is 5.91 Å². The van der Waals surface area contributed by atoms with Gasteiger partial charge in [0.1, 0.15) is 5.69 Å². The first-order chi connectivity index (χ1) is 33.5. The van der Waals surface area contributed by atoms with Gasteiger partial charge < -0.3 is 49.2 Å². The van der Waals surface area contributed by atoms with Crippen LogP contribution in [0.25, 0.3) is 28.0 Å². The summed E-state index contributed by atoms with van der Waals surface area (Å²) < 4.78 is 51.9. The molecule has 9 heterocycles.